The highest BCUT2D eigenvalue weighted by molar-refractivity contribution is 5.97. The smallest absolute Gasteiger partial charge is 0.252 e. The number of benzene rings is 2. The van der Waals surface area contributed by atoms with Gasteiger partial charge in [-0.15, -0.1) is 0 Å². The number of amides is 1. The number of carbonyl (C=O) groups excluding carboxylic acids is 1. The van der Waals surface area contributed by atoms with E-state index < -0.39 is 0 Å². The largest absolute Gasteiger partial charge is 0.497 e. The fourth-order valence-corrected chi connectivity index (χ4v) is 3.62. The second kappa shape index (κ2) is 8.32. The third-order valence-corrected chi connectivity index (χ3v) is 5.76. The summed E-state index contributed by atoms with van der Waals surface area (Å²) in [7, 11) is 1.60. The van der Waals surface area contributed by atoms with Gasteiger partial charge < -0.3 is 21.1 Å². The van der Waals surface area contributed by atoms with Crippen LogP contribution in [-0.2, 0) is 5.54 Å². The number of fused-ring (bicyclic) bond motifs is 1. The van der Waals surface area contributed by atoms with E-state index in [1.54, 1.807) is 19.4 Å². The maximum atomic E-state index is 13.0. The number of anilines is 1. The van der Waals surface area contributed by atoms with E-state index in [2.05, 4.69) is 15.6 Å². The lowest BCUT2D eigenvalue weighted by atomic mass is 9.97. The van der Waals surface area contributed by atoms with Crippen LogP contribution in [-0.4, -0.2) is 31.1 Å². The second-order valence-electron chi connectivity index (χ2n) is 7.96. The number of hydrogen-bond donors (Lipinski definition) is 3. The lowest BCUT2D eigenvalue weighted by Crippen LogP contribution is -2.35. The minimum atomic E-state index is -0.386. The third kappa shape index (κ3) is 4.09. The second-order valence-corrected chi connectivity index (χ2v) is 7.96. The van der Waals surface area contributed by atoms with Crippen LogP contribution in [0.3, 0.4) is 0 Å². The van der Waals surface area contributed by atoms with Gasteiger partial charge in [0.2, 0.25) is 0 Å². The van der Waals surface area contributed by atoms with Crippen LogP contribution >= 0.6 is 0 Å². The van der Waals surface area contributed by atoms with Crippen molar-refractivity contribution in [2.75, 3.05) is 25.9 Å². The molecule has 0 atom stereocenters. The van der Waals surface area contributed by atoms with E-state index in [9.17, 15) is 4.79 Å². The number of pyridine rings is 1. The molecule has 1 aliphatic heterocycles. The van der Waals surface area contributed by atoms with Crippen molar-refractivity contribution in [1.82, 2.24) is 15.6 Å². The normalized spacial score (nSPS) is 16.1. The van der Waals surface area contributed by atoms with E-state index >= 15 is 0 Å². The first-order chi connectivity index (χ1) is 14.5. The van der Waals surface area contributed by atoms with Crippen LogP contribution in [0.15, 0.2) is 48.7 Å². The summed E-state index contributed by atoms with van der Waals surface area (Å²) in [5.74, 6) is 0.572. The van der Waals surface area contributed by atoms with Crippen molar-refractivity contribution in [1.29, 1.82) is 0 Å². The molecule has 2 aliphatic rings. The molecule has 2 heterocycles. The standard InChI is InChI=1S/C21H21N3O2.C3H7N/c1-13-5-6-15(26-2)12-17(13)20(25)24-21(7-8-21)18-10-14(22)11-19-16(18)4-3-9-23-19;1-2-4-3-1/h3-6,9-12H,7-8,22H2,1-2H3,(H,24,25);4H,1-3H2. The van der Waals surface area contributed by atoms with Gasteiger partial charge in [-0.1, -0.05) is 12.1 Å². The molecule has 6 nitrogen and oxygen atoms in total. The number of aromatic nitrogens is 1. The summed E-state index contributed by atoms with van der Waals surface area (Å²) in [6.45, 7) is 4.42. The van der Waals surface area contributed by atoms with Crippen molar-refractivity contribution in [2.24, 2.45) is 0 Å². The van der Waals surface area contributed by atoms with E-state index in [0.717, 1.165) is 34.9 Å². The van der Waals surface area contributed by atoms with Crippen LogP contribution in [0.1, 0.15) is 40.7 Å². The molecule has 4 N–H and O–H groups in total. The molecule has 30 heavy (non-hydrogen) atoms. The van der Waals surface area contributed by atoms with Crippen molar-refractivity contribution in [2.45, 2.75) is 31.7 Å². The minimum Gasteiger partial charge on any atom is -0.497 e. The number of ether oxygens (including phenoxy) is 1. The molecule has 3 aromatic rings. The Morgan fingerprint density at radius 3 is 2.57 bits per heavy atom. The van der Waals surface area contributed by atoms with E-state index in [1.165, 1.54) is 19.5 Å². The average molecular weight is 405 g/mol. The Kier molecular flexibility index (Phi) is 5.59. The first-order valence-electron chi connectivity index (χ1n) is 10.3. The Labute approximate surface area is 176 Å². The predicted octanol–water partition coefficient (Wildman–Crippen LogP) is 3.53. The average Bonchev–Trinajstić information content (AvgIpc) is 3.46. The van der Waals surface area contributed by atoms with Crippen LogP contribution in [0.4, 0.5) is 5.69 Å². The van der Waals surface area contributed by atoms with Crippen molar-refractivity contribution in [3.05, 3.63) is 65.4 Å². The molecule has 1 aromatic heterocycles. The van der Waals surface area contributed by atoms with Gasteiger partial charge in [0.25, 0.3) is 5.91 Å². The summed E-state index contributed by atoms with van der Waals surface area (Å²) in [6.07, 6.45) is 4.91. The molecule has 1 saturated heterocycles. The zero-order chi connectivity index (χ0) is 21.1. The molecule has 5 rings (SSSR count). The van der Waals surface area contributed by atoms with Gasteiger partial charge in [-0.05, 0) is 80.7 Å². The molecular weight excluding hydrogens is 376 g/mol. The Morgan fingerprint density at radius 2 is 1.93 bits per heavy atom. The number of nitrogens with one attached hydrogen (secondary N) is 2. The number of nitrogens with two attached hydrogens (primary N) is 1. The minimum absolute atomic E-state index is 0.0987. The van der Waals surface area contributed by atoms with Gasteiger partial charge >= 0.3 is 0 Å². The summed E-state index contributed by atoms with van der Waals surface area (Å²) in [5.41, 5.74) is 9.78. The van der Waals surface area contributed by atoms with Gasteiger partial charge in [0, 0.05) is 22.8 Å². The molecule has 1 aliphatic carbocycles. The number of methoxy groups -OCH3 is 1. The number of carbonyl (C=O) groups is 1. The summed E-state index contributed by atoms with van der Waals surface area (Å²) in [4.78, 5) is 17.4. The van der Waals surface area contributed by atoms with Crippen molar-refractivity contribution in [3.8, 4) is 5.75 Å². The first kappa shape index (κ1) is 20.2. The zero-order valence-electron chi connectivity index (χ0n) is 17.5. The molecule has 1 saturated carbocycles. The van der Waals surface area contributed by atoms with Crippen LogP contribution < -0.4 is 21.1 Å². The maximum absolute atomic E-state index is 13.0. The van der Waals surface area contributed by atoms with Crippen LogP contribution in [0.5, 0.6) is 5.75 Å². The highest BCUT2D eigenvalue weighted by Crippen LogP contribution is 2.48. The Morgan fingerprint density at radius 1 is 1.20 bits per heavy atom. The van der Waals surface area contributed by atoms with Crippen molar-refractivity contribution < 1.29 is 9.53 Å². The molecule has 6 heteroatoms. The van der Waals surface area contributed by atoms with Gasteiger partial charge in [-0.25, -0.2) is 0 Å². The lowest BCUT2D eigenvalue weighted by molar-refractivity contribution is 0.0930. The van der Waals surface area contributed by atoms with Crippen molar-refractivity contribution >= 4 is 22.5 Å². The summed E-state index contributed by atoms with van der Waals surface area (Å²) in [5, 5.41) is 7.37. The first-order valence-corrected chi connectivity index (χ1v) is 10.3. The molecule has 0 unspecified atom stereocenters. The van der Waals surface area contributed by atoms with Gasteiger partial charge in [-0.3, -0.25) is 9.78 Å². The zero-order valence-corrected chi connectivity index (χ0v) is 17.5. The molecule has 2 aromatic carbocycles. The molecular formula is C24H28N4O2. The highest BCUT2D eigenvalue weighted by atomic mass is 16.5. The van der Waals surface area contributed by atoms with Gasteiger partial charge in [0.15, 0.2) is 0 Å². The fourth-order valence-electron chi connectivity index (χ4n) is 3.62. The molecule has 0 spiro atoms. The molecule has 1 amide bonds. The van der Waals surface area contributed by atoms with E-state index in [0.29, 0.717) is 17.0 Å². The molecule has 156 valence electrons. The molecule has 2 fully saturated rings. The third-order valence-electron chi connectivity index (χ3n) is 5.76. The number of aryl methyl sites for hydroxylation is 1. The highest BCUT2D eigenvalue weighted by Gasteiger charge is 2.47. The number of nitrogen functional groups attached to an aromatic ring is 1. The quantitative estimate of drug-likeness (QED) is 0.579. The van der Waals surface area contributed by atoms with Gasteiger partial charge in [-0.2, -0.15) is 0 Å². The SMILES string of the molecule is C1CNC1.COc1ccc(C)c(C(=O)NC2(c3cc(N)cc4ncccc34)CC2)c1. The molecule has 0 radical (unpaired) electrons. The van der Waals surface area contributed by atoms with E-state index in [1.807, 2.05) is 43.3 Å². The Hall–Kier alpha value is -3.12. The van der Waals surface area contributed by atoms with Crippen LogP contribution in [0.25, 0.3) is 10.9 Å². The number of hydrogen-bond acceptors (Lipinski definition) is 5. The number of nitrogens with zero attached hydrogens (tertiary/aromatic N) is 1. The molecule has 0 bridgehead atoms. The van der Waals surface area contributed by atoms with Gasteiger partial charge in [0.05, 0.1) is 18.2 Å². The van der Waals surface area contributed by atoms with Crippen LogP contribution in [0, 0.1) is 6.92 Å². The topological polar surface area (TPSA) is 89.3 Å². The fraction of sp³-hybridized carbons (Fsp3) is 0.333. The summed E-state index contributed by atoms with van der Waals surface area (Å²) >= 11 is 0. The van der Waals surface area contributed by atoms with Gasteiger partial charge in [0.1, 0.15) is 5.75 Å². The Bertz CT molecular complexity index is 1070. The van der Waals surface area contributed by atoms with Crippen molar-refractivity contribution in [3.63, 3.8) is 0 Å². The summed E-state index contributed by atoms with van der Waals surface area (Å²) in [6, 6.07) is 13.3. The van der Waals surface area contributed by atoms with E-state index in [4.69, 9.17) is 10.5 Å². The lowest BCUT2D eigenvalue weighted by Gasteiger charge is -2.21. The van der Waals surface area contributed by atoms with Crippen LogP contribution in [0.2, 0.25) is 0 Å². The summed E-state index contributed by atoms with van der Waals surface area (Å²) < 4.78 is 5.26. The number of rotatable bonds is 4. The predicted molar refractivity (Wildman–Crippen MR) is 120 cm³/mol. The van der Waals surface area contributed by atoms with E-state index in [-0.39, 0.29) is 11.4 Å². The Balaban J connectivity index is 0.000000489. The monoisotopic (exact) mass is 404 g/mol. The maximum Gasteiger partial charge on any atom is 0.252 e.